The van der Waals surface area contributed by atoms with E-state index in [1.807, 2.05) is 30.5 Å². The van der Waals surface area contributed by atoms with Crippen LogP contribution in [-0.2, 0) is 26.0 Å². The molecule has 1 atom stereocenters. The number of anilines is 1. The lowest BCUT2D eigenvalue weighted by Crippen LogP contribution is -2.46. The maximum atomic E-state index is 13.7. The van der Waals surface area contributed by atoms with E-state index in [0.29, 0.717) is 17.9 Å². The molecule has 0 spiro atoms. The average molecular weight is 504 g/mol. The molecule has 4 aromatic rings. The Morgan fingerprint density at radius 3 is 2.39 bits per heavy atom. The van der Waals surface area contributed by atoms with E-state index in [-0.39, 0.29) is 17.9 Å². The van der Waals surface area contributed by atoms with Crippen molar-refractivity contribution in [2.75, 3.05) is 18.6 Å². The Labute approximate surface area is 209 Å². The summed E-state index contributed by atoms with van der Waals surface area (Å²) < 4.78 is 33.8. The maximum Gasteiger partial charge on any atom is 0.252 e. The van der Waals surface area contributed by atoms with Gasteiger partial charge in [0.05, 0.1) is 24.1 Å². The molecule has 1 aliphatic heterocycles. The number of rotatable bonds is 8. The van der Waals surface area contributed by atoms with Gasteiger partial charge in [0, 0.05) is 23.6 Å². The van der Waals surface area contributed by atoms with Crippen molar-refractivity contribution in [3.05, 3.63) is 90.6 Å². The zero-order chi connectivity index (χ0) is 25.3. The third-order valence-electron chi connectivity index (χ3n) is 6.43. The summed E-state index contributed by atoms with van der Waals surface area (Å²) in [6.45, 7) is 0.0409. The topological polar surface area (TPSA) is 99.8 Å². The lowest BCUT2D eigenvalue weighted by Gasteiger charge is -2.27. The molecule has 1 unspecified atom stereocenters. The number of carbonyl (C=O) groups excluding carboxylic acids is 2. The van der Waals surface area contributed by atoms with Gasteiger partial charge >= 0.3 is 0 Å². The number of nitrogens with one attached hydrogen (secondary N) is 1. The number of aromatic nitrogens is 1. The lowest BCUT2D eigenvalue weighted by molar-refractivity contribution is -0.122. The van der Waals surface area contributed by atoms with Crippen molar-refractivity contribution in [1.29, 1.82) is 0 Å². The minimum atomic E-state index is -4.06. The Bertz CT molecular complexity index is 1510. The fourth-order valence-corrected chi connectivity index (χ4v) is 6.19. The number of nitrogens with zero attached hydrogens (tertiary/aromatic N) is 2. The number of para-hydroxylation sites is 1. The highest BCUT2D eigenvalue weighted by Crippen LogP contribution is 2.31. The molecule has 0 bridgehead atoms. The molecule has 0 saturated carbocycles. The van der Waals surface area contributed by atoms with Gasteiger partial charge in [-0.05, 0) is 54.4 Å². The van der Waals surface area contributed by atoms with Gasteiger partial charge in [-0.3, -0.25) is 9.59 Å². The minimum absolute atomic E-state index is 0.0409. The number of sulfonamides is 1. The van der Waals surface area contributed by atoms with Crippen LogP contribution >= 0.6 is 0 Å². The molecule has 1 N–H and O–H groups in total. The number of fused-ring (bicyclic) bond motifs is 1. The van der Waals surface area contributed by atoms with Crippen molar-refractivity contribution in [3.8, 4) is 5.75 Å². The first-order valence-corrected chi connectivity index (χ1v) is 13.0. The SMILES string of the molecule is COc1ccc(N2C(=O)CC(N(CCc3c[nH]c4ccccc34)S(=O)(=O)c3ccccc3)C2=O)cc1. The summed E-state index contributed by atoms with van der Waals surface area (Å²) in [5, 5.41) is 0.989. The molecule has 1 fully saturated rings. The number of methoxy groups -OCH3 is 1. The molecule has 1 saturated heterocycles. The van der Waals surface area contributed by atoms with Gasteiger partial charge < -0.3 is 9.72 Å². The number of ether oxygens (including phenoxy) is 1. The van der Waals surface area contributed by atoms with Crippen LogP contribution in [0.3, 0.4) is 0 Å². The Morgan fingerprint density at radius 2 is 1.67 bits per heavy atom. The zero-order valence-electron chi connectivity index (χ0n) is 19.6. The first-order valence-electron chi connectivity index (χ1n) is 11.5. The molecule has 1 aliphatic rings. The Kier molecular flexibility index (Phi) is 6.34. The number of imide groups is 1. The molecule has 8 nitrogen and oxygen atoms in total. The first-order chi connectivity index (χ1) is 17.4. The standard InChI is InChI=1S/C27H25N3O5S/c1-35-21-13-11-20(12-14-21)30-26(31)17-25(27(30)32)29(36(33,34)22-7-3-2-4-8-22)16-15-19-18-28-24-10-6-5-9-23(19)24/h2-14,18,25,28H,15-17H2,1H3. The number of carbonyl (C=O) groups is 2. The molecular formula is C27H25N3O5S. The van der Waals surface area contributed by atoms with Crippen molar-refractivity contribution in [2.45, 2.75) is 23.8 Å². The van der Waals surface area contributed by atoms with Crippen LogP contribution in [-0.4, -0.2) is 49.2 Å². The van der Waals surface area contributed by atoms with Crippen molar-refractivity contribution < 1.29 is 22.7 Å². The molecule has 1 aromatic heterocycles. The highest BCUT2D eigenvalue weighted by molar-refractivity contribution is 7.89. The summed E-state index contributed by atoms with van der Waals surface area (Å²) in [5.41, 5.74) is 2.26. The summed E-state index contributed by atoms with van der Waals surface area (Å²) >= 11 is 0. The van der Waals surface area contributed by atoms with Crippen LogP contribution in [0, 0.1) is 0 Å². The smallest absolute Gasteiger partial charge is 0.252 e. The number of amides is 2. The van der Waals surface area contributed by atoms with E-state index in [1.54, 1.807) is 42.5 Å². The van der Waals surface area contributed by atoms with E-state index >= 15 is 0 Å². The summed E-state index contributed by atoms with van der Waals surface area (Å²) in [6, 6.07) is 21.1. The van der Waals surface area contributed by atoms with Crippen LogP contribution in [0.5, 0.6) is 5.75 Å². The largest absolute Gasteiger partial charge is 0.497 e. The van der Waals surface area contributed by atoms with E-state index < -0.39 is 27.9 Å². The van der Waals surface area contributed by atoms with Crippen LogP contribution in [0.2, 0.25) is 0 Å². The van der Waals surface area contributed by atoms with Gasteiger partial charge in [0.2, 0.25) is 15.9 Å². The Morgan fingerprint density at radius 1 is 0.972 bits per heavy atom. The summed E-state index contributed by atoms with van der Waals surface area (Å²) in [7, 11) is -2.54. The van der Waals surface area contributed by atoms with E-state index in [2.05, 4.69) is 4.98 Å². The molecule has 0 aliphatic carbocycles. The molecule has 9 heteroatoms. The van der Waals surface area contributed by atoms with Crippen molar-refractivity contribution >= 4 is 38.4 Å². The van der Waals surface area contributed by atoms with Crippen LogP contribution in [0.15, 0.2) is 90.0 Å². The summed E-state index contributed by atoms with van der Waals surface area (Å²) in [6.07, 6.45) is 1.99. The molecule has 5 rings (SSSR count). The van der Waals surface area contributed by atoms with Gasteiger partial charge in [-0.15, -0.1) is 0 Å². The second kappa shape index (κ2) is 9.60. The highest BCUT2D eigenvalue weighted by Gasteiger charge is 2.46. The van der Waals surface area contributed by atoms with Crippen LogP contribution in [0.1, 0.15) is 12.0 Å². The van der Waals surface area contributed by atoms with Gasteiger partial charge in [0.15, 0.2) is 0 Å². The van der Waals surface area contributed by atoms with Gasteiger partial charge in [0.25, 0.3) is 5.91 Å². The quantitative estimate of drug-likeness (QED) is 0.369. The fourth-order valence-electron chi connectivity index (χ4n) is 4.58. The van der Waals surface area contributed by atoms with Gasteiger partial charge in [-0.1, -0.05) is 36.4 Å². The number of hydrogen-bond acceptors (Lipinski definition) is 5. The van der Waals surface area contributed by atoms with E-state index in [9.17, 15) is 18.0 Å². The van der Waals surface area contributed by atoms with E-state index in [0.717, 1.165) is 21.4 Å². The number of aromatic amines is 1. The summed E-state index contributed by atoms with van der Waals surface area (Å²) in [5.74, 6) is -0.430. The third-order valence-corrected chi connectivity index (χ3v) is 8.35. The Balaban J connectivity index is 1.49. The number of hydrogen-bond donors (Lipinski definition) is 1. The van der Waals surface area contributed by atoms with Crippen LogP contribution in [0.4, 0.5) is 5.69 Å². The predicted molar refractivity (Wildman–Crippen MR) is 136 cm³/mol. The van der Waals surface area contributed by atoms with E-state index in [1.165, 1.54) is 23.5 Å². The van der Waals surface area contributed by atoms with E-state index in [4.69, 9.17) is 4.74 Å². The summed E-state index contributed by atoms with van der Waals surface area (Å²) in [4.78, 5) is 30.8. The van der Waals surface area contributed by atoms with Crippen molar-refractivity contribution in [3.63, 3.8) is 0 Å². The molecule has 36 heavy (non-hydrogen) atoms. The second-order valence-corrected chi connectivity index (χ2v) is 10.4. The lowest BCUT2D eigenvalue weighted by atomic mass is 10.1. The van der Waals surface area contributed by atoms with Crippen molar-refractivity contribution in [2.24, 2.45) is 0 Å². The van der Waals surface area contributed by atoms with Crippen LogP contribution in [0.25, 0.3) is 10.9 Å². The molecule has 2 heterocycles. The van der Waals surface area contributed by atoms with Crippen LogP contribution < -0.4 is 9.64 Å². The highest BCUT2D eigenvalue weighted by atomic mass is 32.2. The molecule has 0 radical (unpaired) electrons. The predicted octanol–water partition coefficient (Wildman–Crippen LogP) is 3.74. The molecule has 2 amide bonds. The van der Waals surface area contributed by atoms with Gasteiger partial charge in [0.1, 0.15) is 11.8 Å². The zero-order valence-corrected chi connectivity index (χ0v) is 20.4. The normalized spacial score (nSPS) is 16.3. The second-order valence-electron chi connectivity index (χ2n) is 8.52. The number of H-pyrrole nitrogens is 1. The Hall–Kier alpha value is -3.95. The average Bonchev–Trinajstić information content (AvgIpc) is 3.44. The molecule has 3 aromatic carbocycles. The third kappa shape index (κ3) is 4.27. The molecular weight excluding hydrogens is 478 g/mol. The fraction of sp³-hybridized carbons (Fsp3) is 0.185. The minimum Gasteiger partial charge on any atom is -0.497 e. The monoisotopic (exact) mass is 503 g/mol. The van der Waals surface area contributed by atoms with Crippen molar-refractivity contribution in [1.82, 2.24) is 9.29 Å². The molecule has 184 valence electrons. The van der Waals surface area contributed by atoms with Gasteiger partial charge in [-0.25, -0.2) is 13.3 Å². The maximum absolute atomic E-state index is 13.7. The first kappa shape index (κ1) is 23.8. The van der Waals surface area contributed by atoms with Gasteiger partial charge in [-0.2, -0.15) is 4.31 Å². The number of benzene rings is 3.